The van der Waals surface area contributed by atoms with Crippen molar-refractivity contribution in [2.24, 2.45) is 5.92 Å². The number of hydrogen-bond acceptors (Lipinski definition) is 1. The molecule has 0 radical (unpaired) electrons. The molecular weight excluding hydrogens is 333 g/mol. The first-order valence-corrected chi connectivity index (χ1v) is 7.25. The van der Waals surface area contributed by atoms with Gasteiger partial charge in [0.2, 0.25) is 0 Å². The predicted octanol–water partition coefficient (Wildman–Crippen LogP) is 0.702. The molecule has 1 heterocycles. The number of hydrogen-bond donors (Lipinski definition) is 0. The molecular formula is C9H7BiO. The number of allylic oxidation sites excluding steroid dienone is 5. The fourth-order valence-corrected chi connectivity index (χ4v) is 4.35. The minimum atomic E-state index is -0.574. The zero-order valence-corrected chi connectivity index (χ0v) is 9.37. The molecule has 0 aromatic carbocycles. The van der Waals surface area contributed by atoms with Crippen molar-refractivity contribution < 1.29 is 4.79 Å². The van der Waals surface area contributed by atoms with Gasteiger partial charge in [0.05, 0.1) is 0 Å². The van der Waals surface area contributed by atoms with Crippen LogP contribution in [0, 0.1) is 5.92 Å². The van der Waals surface area contributed by atoms with E-state index in [2.05, 4.69) is 15.9 Å². The zero-order valence-electron chi connectivity index (χ0n) is 5.90. The van der Waals surface area contributed by atoms with Gasteiger partial charge in [0.1, 0.15) is 0 Å². The minimum absolute atomic E-state index is 0.424. The van der Waals surface area contributed by atoms with Gasteiger partial charge in [-0.2, -0.15) is 0 Å². The average Bonchev–Trinajstić information content (AvgIpc) is 2.39. The Morgan fingerprint density at radius 3 is 2.55 bits per heavy atom. The van der Waals surface area contributed by atoms with Gasteiger partial charge in [0.15, 0.2) is 0 Å². The topological polar surface area (TPSA) is 17.1 Å². The van der Waals surface area contributed by atoms with E-state index in [1.165, 1.54) is 5.57 Å². The standard InChI is InChI=1S/C9H7O.Bi/c1-8(6-7-10)9-4-2-3-5-9;/h1-5,7,9H;. The summed E-state index contributed by atoms with van der Waals surface area (Å²) in [6.07, 6.45) is 9.40. The van der Waals surface area contributed by atoms with E-state index >= 15 is 0 Å². The Morgan fingerprint density at radius 2 is 2.09 bits per heavy atom. The molecule has 2 heteroatoms. The van der Waals surface area contributed by atoms with Crippen LogP contribution in [0.4, 0.5) is 0 Å². The summed E-state index contributed by atoms with van der Waals surface area (Å²) < 4.78 is 3.44. The third-order valence-electron chi connectivity index (χ3n) is 1.86. The van der Waals surface area contributed by atoms with Crippen molar-refractivity contribution in [3.8, 4) is 0 Å². The maximum atomic E-state index is 10.5. The van der Waals surface area contributed by atoms with Crippen LogP contribution in [0.2, 0.25) is 0 Å². The van der Waals surface area contributed by atoms with Crippen molar-refractivity contribution in [1.82, 2.24) is 0 Å². The van der Waals surface area contributed by atoms with Crippen molar-refractivity contribution in [2.75, 3.05) is 0 Å². The van der Waals surface area contributed by atoms with Crippen LogP contribution in [0.5, 0.6) is 0 Å². The fraction of sp³-hybridized carbons (Fsp3) is 0.111. The SMILES string of the molecule is O=C[C]1=[Bi][CH]=C1C1C=CC=C1. The van der Waals surface area contributed by atoms with Gasteiger partial charge in [0, 0.05) is 0 Å². The fourth-order valence-electron chi connectivity index (χ4n) is 1.21. The van der Waals surface area contributed by atoms with Crippen LogP contribution in [0.1, 0.15) is 0 Å². The Balaban J connectivity index is 2.14. The third-order valence-corrected chi connectivity index (χ3v) is 5.94. The van der Waals surface area contributed by atoms with Gasteiger partial charge in [-0.25, -0.2) is 0 Å². The number of rotatable bonds is 2. The normalized spacial score (nSPS) is 21.1. The van der Waals surface area contributed by atoms with Crippen LogP contribution in [-0.4, -0.2) is 32.2 Å². The molecule has 2 rings (SSSR count). The first kappa shape index (κ1) is 7.30. The molecule has 0 saturated carbocycles. The van der Waals surface area contributed by atoms with Gasteiger partial charge < -0.3 is 0 Å². The Kier molecular flexibility index (Phi) is 1.95. The Labute approximate surface area is 76.5 Å². The van der Waals surface area contributed by atoms with Crippen molar-refractivity contribution in [3.63, 3.8) is 0 Å². The molecule has 54 valence electrons. The molecule has 1 aliphatic carbocycles. The molecule has 0 fully saturated rings. The molecule has 0 aromatic heterocycles. The summed E-state index contributed by atoms with van der Waals surface area (Å²) in [5, 5.41) is 0. The van der Waals surface area contributed by atoms with E-state index in [0.717, 1.165) is 9.49 Å². The second kappa shape index (κ2) is 2.94. The summed E-state index contributed by atoms with van der Waals surface area (Å²) in [4.78, 5) is 10.5. The monoisotopic (exact) mass is 340 g/mol. The Hall–Kier alpha value is -0.357. The van der Waals surface area contributed by atoms with Crippen LogP contribution in [0.25, 0.3) is 0 Å². The van der Waals surface area contributed by atoms with Crippen LogP contribution in [0.15, 0.2) is 33.7 Å². The number of carbonyl (C=O) groups excluding carboxylic acids is 1. The van der Waals surface area contributed by atoms with Gasteiger partial charge in [-0.1, -0.05) is 0 Å². The number of carbonyl (C=O) groups is 1. The quantitative estimate of drug-likeness (QED) is 0.534. The second-order valence-electron chi connectivity index (χ2n) is 2.51. The van der Waals surface area contributed by atoms with Gasteiger partial charge in [-0.3, -0.25) is 0 Å². The molecule has 0 amide bonds. The maximum absolute atomic E-state index is 10.5. The summed E-state index contributed by atoms with van der Waals surface area (Å²) in [6.45, 7) is 0. The molecule has 0 unspecified atom stereocenters. The van der Waals surface area contributed by atoms with Crippen LogP contribution in [-0.2, 0) is 4.79 Å². The first-order chi connectivity index (χ1) is 5.42. The molecule has 0 saturated heterocycles. The molecule has 1 nitrogen and oxygen atoms in total. The van der Waals surface area contributed by atoms with Gasteiger partial charge in [-0.15, -0.1) is 0 Å². The summed E-state index contributed by atoms with van der Waals surface area (Å²) in [7, 11) is 0. The third kappa shape index (κ3) is 1.20. The summed E-state index contributed by atoms with van der Waals surface area (Å²) in [6, 6.07) is 0. The second-order valence-corrected chi connectivity index (χ2v) is 6.39. The predicted molar refractivity (Wildman–Crippen MR) is 46.7 cm³/mol. The van der Waals surface area contributed by atoms with Crippen molar-refractivity contribution in [1.29, 1.82) is 0 Å². The average molecular weight is 340 g/mol. The van der Waals surface area contributed by atoms with Crippen molar-refractivity contribution in [3.05, 3.63) is 33.7 Å². The number of aldehydes is 1. The van der Waals surface area contributed by atoms with Gasteiger partial charge in [0.25, 0.3) is 0 Å². The summed E-state index contributed by atoms with van der Waals surface area (Å²) in [5.41, 5.74) is 1.28. The van der Waals surface area contributed by atoms with E-state index in [1.54, 1.807) is 0 Å². The van der Waals surface area contributed by atoms with E-state index in [4.69, 9.17) is 0 Å². The van der Waals surface area contributed by atoms with Crippen LogP contribution in [0.3, 0.4) is 0 Å². The molecule has 0 bridgehead atoms. The van der Waals surface area contributed by atoms with Gasteiger partial charge >= 0.3 is 76.6 Å². The summed E-state index contributed by atoms with van der Waals surface area (Å²) >= 11 is -0.574. The van der Waals surface area contributed by atoms with Crippen molar-refractivity contribution in [2.45, 2.75) is 0 Å². The molecule has 0 atom stereocenters. The molecule has 0 aromatic rings. The van der Waals surface area contributed by atoms with E-state index < -0.39 is 22.8 Å². The van der Waals surface area contributed by atoms with E-state index in [0.29, 0.717) is 5.92 Å². The molecule has 0 spiro atoms. The van der Waals surface area contributed by atoms with Crippen molar-refractivity contribution >= 4 is 32.2 Å². The van der Waals surface area contributed by atoms with Crippen LogP contribution >= 0.6 is 0 Å². The van der Waals surface area contributed by atoms with E-state index in [1.807, 2.05) is 12.2 Å². The van der Waals surface area contributed by atoms with E-state index in [-0.39, 0.29) is 0 Å². The molecule has 0 N–H and O–H groups in total. The Morgan fingerprint density at radius 1 is 1.36 bits per heavy atom. The van der Waals surface area contributed by atoms with Gasteiger partial charge in [-0.05, 0) is 0 Å². The van der Waals surface area contributed by atoms with E-state index in [9.17, 15) is 4.79 Å². The zero-order chi connectivity index (χ0) is 7.68. The molecule has 2 aliphatic rings. The van der Waals surface area contributed by atoms with Crippen LogP contribution < -0.4 is 0 Å². The Bertz CT molecular complexity index is 296. The molecule has 1 aliphatic heterocycles. The summed E-state index contributed by atoms with van der Waals surface area (Å²) in [5.74, 6) is 0.424. The first-order valence-electron chi connectivity index (χ1n) is 3.50. The molecule has 11 heavy (non-hydrogen) atoms.